The fourth-order valence-electron chi connectivity index (χ4n) is 4.42. The van der Waals surface area contributed by atoms with Gasteiger partial charge in [-0.25, -0.2) is 14.4 Å². The number of imidazole rings is 1. The number of anilines is 1. The number of rotatable bonds is 3. The Morgan fingerprint density at radius 3 is 3.03 bits per heavy atom. The van der Waals surface area contributed by atoms with E-state index in [0.29, 0.717) is 42.3 Å². The number of benzene rings is 1. The molecule has 4 aromatic rings. The van der Waals surface area contributed by atoms with Gasteiger partial charge in [-0.05, 0) is 25.1 Å². The fraction of sp³-hybridized carbons (Fsp3) is 0.217. The lowest BCUT2D eigenvalue weighted by molar-refractivity contribution is 0.0947. The molecule has 0 bridgehead atoms. The Bertz CT molecular complexity index is 1410. The molecule has 2 aliphatic rings. The van der Waals surface area contributed by atoms with Gasteiger partial charge >= 0.3 is 0 Å². The second kappa shape index (κ2) is 7.01. The minimum Gasteiger partial charge on any atom is -0.493 e. The molecule has 0 aliphatic carbocycles. The van der Waals surface area contributed by atoms with Crippen LogP contribution in [0.5, 0.6) is 5.75 Å². The monoisotopic (exact) mass is 430 g/mol. The van der Waals surface area contributed by atoms with Crippen LogP contribution >= 0.6 is 0 Å². The number of halogens is 1. The largest absolute Gasteiger partial charge is 0.493 e. The molecule has 0 unspecified atom stereocenters. The summed E-state index contributed by atoms with van der Waals surface area (Å²) >= 11 is 0. The van der Waals surface area contributed by atoms with Crippen molar-refractivity contribution in [2.24, 2.45) is 0 Å². The first-order valence-corrected chi connectivity index (χ1v) is 10.4. The first kappa shape index (κ1) is 18.7. The maximum Gasteiger partial charge on any atom is 0.272 e. The lowest BCUT2D eigenvalue weighted by Crippen LogP contribution is -2.26. The van der Waals surface area contributed by atoms with Crippen LogP contribution in [0, 0.1) is 12.7 Å². The van der Waals surface area contributed by atoms with Gasteiger partial charge in [0, 0.05) is 47.1 Å². The lowest BCUT2D eigenvalue weighted by atomic mass is 10.0. The van der Waals surface area contributed by atoms with Crippen molar-refractivity contribution in [1.82, 2.24) is 24.7 Å². The zero-order valence-corrected chi connectivity index (χ0v) is 17.3. The molecule has 0 spiro atoms. The molecule has 0 fully saturated rings. The molecular weight excluding hydrogens is 411 g/mol. The van der Waals surface area contributed by atoms with Crippen molar-refractivity contribution in [3.63, 3.8) is 0 Å². The van der Waals surface area contributed by atoms with Crippen LogP contribution in [-0.2, 0) is 19.5 Å². The molecule has 0 saturated carbocycles. The Hall–Kier alpha value is -4.01. The van der Waals surface area contributed by atoms with Crippen LogP contribution in [0.25, 0.3) is 16.6 Å². The number of ether oxygens (including phenoxy) is 1. The van der Waals surface area contributed by atoms with Crippen molar-refractivity contribution in [1.29, 1.82) is 0 Å². The molecule has 6 rings (SSSR count). The third-order valence-electron chi connectivity index (χ3n) is 5.97. The smallest absolute Gasteiger partial charge is 0.272 e. The highest BCUT2D eigenvalue weighted by Gasteiger charge is 2.25. The minimum absolute atomic E-state index is 0.233. The zero-order valence-electron chi connectivity index (χ0n) is 17.3. The quantitative estimate of drug-likeness (QED) is 0.519. The highest BCUT2D eigenvalue weighted by molar-refractivity contribution is 6.04. The SMILES string of the molecule is Cc1ccc2c(n1)CNC(=O)c1ncn3c(NCc4c(F)ccc5c4CCO5)ncc-2c13. The van der Waals surface area contributed by atoms with E-state index in [1.54, 1.807) is 23.0 Å². The van der Waals surface area contributed by atoms with Crippen molar-refractivity contribution in [2.75, 3.05) is 11.9 Å². The second-order valence-corrected chi connectivity index (χ2v) is 7.89. The van der Waals surface area contributed by atoms with Crippen LogP contribution in [0.15, 0.2) is 36.8 Å². The van der Waals surface area contributed by atoms with Crippen LogP contribution < -0.4 is 15.4 Å². The summed E-state index contributed by atoms with van der Waals surface area (Å²) in [4.78, 5) is 26.3. The average molecular weight is 430 g/mol. The van der Waals surface area contributed by atoms with E-state index in [-0.39, 0.29) is 18.3 Å². The summed E-state index contributed by atoms with van der Waals surface area (Å²) in [5.74, 6) is 0.627. The van der Waals surface area contributed by atoms with Crippen molar-refractivity contribution in [3.8, 4) is 16.9 Å². The molecule has 5 heterocycles. The second-order valence-electron chi connectivity index (χ2n) is 7.89. The number of carbonyl (C=O) groups is 1. The van der Waals surface area contributed by atoms with Gasteiger partial charge in [0.05, 0.1) is 24.4 Å². The standard InChI is InChI=1S/C23H19FN6O2/c1-12-2-3-13-16-9-27-23(26-8-15-14-6-7-32-19(14)5-4-17(15)24)30-11-28-20(21(16)30)22(31)25-10-18(13)29-12/h2-5,9,11H,6-8,10H2,1H3,(H,25,31)(H,26,27). The van der Waals surface area contributed by atoms with Gasteiger partial charge in [0.15, 0.2) is 5.69 Å². The molecular formula is C23H19FN6O2. The number of aryl methyl sites for hydroxylation is 1. The summed E-state index contributed by atoms with van der Waals surface area (Å²) in [6.07, 6.45) is 3.95. The van der Waals surface area contributed by atoms with Crippen molar-refractivity contribution >= 4 is 17.4 Å². The third-order valence-corrected chi connectivity index (χ3v) is 5.97. The summed E-state index contributed by atoms with van der Waals surface area (Å²) in [7, 11) is 0. The summed E-state index contributed by atoms with van der Waals surface area (Å²) in [5.41, 5.74) is 5.70. The molecule has 32 heavy (non-hydrogen) atoms. The van der Waals surface area contributed by atoms with Crippen molar-refractivity contribution in [2.45, 2.75) is 26.4 Å². The number of amides is 1. The molecule has 0 saturated heterocycles. The molecule has 1 aromatic carbocycles. The van der Waals surface area contributed by atoms with E-state index in [0.717, 1.165) is 33.8 Å². The Balaban J connectivity index is 1.45. The summed E-state index contributed by atoms with van der Waals surface area (Å²) in [5, 5.41) is 6.10. The van der Waals surface area contributed by atoms with Crippen LogP contribution in [0.4, 0.5) is 10.3 Å². The van der Waals surface area contributed by atoms with E-state index < -0.39 is 0 Å². The van der Waals surface area contributed by atoms with E-state index in [1.807, 2.05) is 19.1 Å². The average Bonchev–Trinajstić information content (AvgIpc) is 3.44. The Morgan fingerprint density at radius 2 is 2.12 bits per heavy atom. The molecule has 0 radical (unpaired) electrons. The van der Waals surface area contributed by atoms with E-state index >= 15 is 0 Å². The van der Waals surface area contributed by atoms with Gasteiger partial charge < -0.3 is 15.4 Å². The maximum absolute atomic E-state index is 14.5. The lowest BCUT2D eigenvalue weighted by Gasteiger charge is -2.17. The number of carbonyl (C=O) groups excluding carboxylic acids is 1. The molecule has 1 amide bonds. The maximum atomic E-state index is 14.5. The van der Waals surface area contributed by atoms with Gasteiger partial charge in [-0.15, -0.1) is 0 Å². The normalized spacial score (nSPS) is 14.2. The molecule has 2 N–H and O–H groups in total. The van der Waals surface area contributed by atoms with E-state index in [9.17, 15) is 9.18 Å². The van der Waals surface area contributed by atoms with Crippen LogP contribution in [-0.4, -0.2) is 31.9 Å². The Kier molecular flexibility index (Phi) is 4.11. The highest BCUT2D eigenvalue weighted by Crippen LogP contribution is 2.33. The number of nitrogens with one attached hydrogen (secondary N) is 2. The van der Waals surface area contributed by atoms with Crippen LogP contribution in [0.2, 0.25) is 0 Å². The predicted octanol–water partition coefficient (Wildman–Crippen LogP) is 3.03. The topological polar surface area (TPSA) is 93.4 Å². The number of fused-ring (bicyclic) bond motifs is 3. The number of pyridine rings is 1. The summed E-state index contributed by atoms with van der Waals surface area (Å²) in [6, 6.07) is 7.00. The highest BCUT2D eigenvalue weighted by atomic mass is 19.1. The number of nitrogens with zero attached hydrogens (tertiary/aromatic N) is 4. The predicted molar refractivity (Wildman–Crippen MR) is 115 cm³/mol. The first-order valence-electron chi connectivity index (χ1n) is 10.4. The summed E-state index contributed by atoms with van der Waals surface area (Å²) < 4.78 is 21.8. The van der Waals surface area contributed by atoms with Crippen molar-refractivity contribution in [3.05, 3.63) is 70.8 Å². The minimum atomic E-state index is -0.287. The van der Waals surface area contributed by atoms with Crippen molar-refractivity contribution < 1.29 is 13.9 Å². The van der Waals surface area contributed by atoms with Gasteiger partial charge in [0.2, 0.25) is 5.95 Å². The van der Waals surface area contributed by atoms with Crippen LogP contribution in [0.3, 0.4) is 0 Å². The fourth-order valence-corrected chi connectivity index (χ4v) is 4.42. The molecule has 3 aromatic heterocycles. The number of hydrogen-bond acceptors (Lipinski definition) is 6. The van der Waals surface area contributed by atoms with Gasteiger partial charge in [0.1, 0.15) is 17.9 Å². The van der Waals surface area contributed by atoms with Gasteiger partial charge in [-0.3, -0.25) is 14.2 Å². The van der Waals surface area contributed by atoms with Gasteiger partial charge in [-0.2, -0.15) is 0 Å². The van der Waals surface area contributed by atoms with E-state index in [2.05, 4.69) is 25.6 Å². The first-order chi connectivity index (χ1) is 15.6. The Labute approximate surface area is 182 Å². The number of hydrogen-bond donors (Lipinski definition) is 2. The van der Waals surface area contributed by atoms with E-state index in [1.165, 1.54) is 6.07 Å². The molecule has 9 heteroatoms. The Morgan fingerprint density at radius 1 is 1.22 bits per heavy atom. The number of aromatic nitrogens is 4. The van der Waals surface area contributed by atoms with Gasteiger partial charge in [0.25, 0.3) is 5.91 Å². The third kappa shape index (κ3) is 2.81. The molecule has 2 aliphatic heterocycles. The molecule has 160 valence electrons. The molecule has 8 nitrogen and oxygen atoms in total. The van der Waals surface area contributed by atoms with Crippen LogP contribution in [0.1, 0.15) is 33.0 Å². The van der Waals surface area contributed by atoms with Gasteiger partial charge in [-0.1, -0.05) is 6.07 Å². The molecule has 0 atom stereocenters. The van der Waals surface area contributed by atoms with E-state index in [4.69, 9.17) is 4.74 Å². The summed E-state index contributed by atoms with van der Waals surface area (Å²) in [6.45, 7) is 3.01. The zero-order chi connectivity index (χ0) is 21.8.